The maximum atomic E-state index is 14.7. The predicted octanol–water partition coefficient (Wildman–Crippen LogP) is 5.23. The molecule has 0 radical (unpaired) electrons. The summed E-state index contributed by atoms with van der Waals surface area (Å²) in [7, 11) is 0.633. The van der Waals surface area contributed by atoms with Crippen molar-refractivity contribution >= 4 is 33.2 Å². The first kappa shape index (κ1) is 33.1. The van der Waals surface area contributed by atoms with Crippen LogP contribution in [-0.4, -0.2) is 65.0 Å². The summed E-state index contributed by atoms with van der Waals surface area (Å²) in [4.78, 5) is 28.6. The molecule has 11 nitrogen and oxygen atoms in total. The van der Waals surface area contributed by atoms with Gasteiger partial charge in [0.05, 0.1) is 37.5 Å². The Morgan fingerprint density at radius 2 is 1.70 bits per heavy atom. The van der Waals surface area contributed by atoms with E-state index in [0.717, 1.165) is 25.2 Å². The summed E-state index contributed by atoms with van der Waals surface area (Å²) in [5.41, 5.74) is 4.74. The zero-order chi connectivity index (χ0) is 33.0. The predicted molar refractivity (Wildman–Crippen MR) is 176 cm³/mol. The molecule has 2 unspecified atom stereocenters. The third kappa shape index (κ3) is 6.78. The van der Waals surface area contributed by atoms with Crippen molar-refractivity contribution in [3.05, 3.63) is 76.9 Å². The van der Waals surface area contributed by atoms with Crippen LogP contribution >= 0.6 is 0 Å². The molecule has 1 fully saturated rings. The van der Waals surface area contributed by atoms with Crippen LogP contribution in [0.2, 0.25) is 0 Å². The third-order valence-corrected chi connectivity index (χ3v) is 10.9. The molecule has 246 valence electrons. The van der Waals surface area contributed by atoms with Gasteiger partial charge in [-0.25, -0.2) is 13.2 Å². The maximum absolute atomic E-state index is 14.7. The Balaban J connectivity index is 1.57. The van der Waals surface area contributed by atoms with Gasteiger partial charge >= 0.3 is 6.09 Å². The van der Waals surface area contributed by atoms with Crippen LogP contribution in [0, 0.1) is 0 Å². The minimum absolute atomic E-state index is 0.139. The largest absolute Gasteiger partial charge is 0.493 e. The number of sulfone groups is 1. The fourth-order valence-electron chi connectivity index (χ4n) is 6.15. The van der Waals surface area contributed by atoms with Crippen LogP contribution in [0.15, 0.2) is 59.5 Å². The van der Waals surface area contributed by atoms with Crippen LogP contribution in [0.25, 0.3) is 0 Å². The second kappa shape index (κ2) is 14.0. The van der Waals surface area contributed by atoms with Gasteiger partial charge in [0.1, 0.15) is 6.04 Å². The number of rotatable bonds is 10. The van der Waals surface area contributed by atoms with Gasteiger partial charge < -0.3 is 29.7 Å². The van der Waals surface area contributed by atoms with Crippen LogP contribution in [0.5, 0.6) is 11.5 Å². The lowest BCUT2D eigenvalue weighted by Gasteiger charge is -2.32. The van der Waals surface area contributed by atoms with E-state index in [1.807, 2.05) is 12.1 Å². The number of nitrogens with zero attached hydrogens (tertiary/aromatic N) is 1. The van der Waals surface area contributed by atoms with Crippen molar-refractivity contribution in [2.45, 2.75) is 61.9 Å². The number of anilines is 2. The minimum atomic E-state index is -3.73. The number of benzene rings is 3. The third-order valence-electron chi connectivity index (χ3n) is 8.66. The molecule has 46 heavy (non-hydrogen) atoms. The first-order valence-corrected chi connectivity index (χ1v) is 17.0. The van der Waals surface area contributed by atoms with Gasteiger partial charge in [-0.3, -0.25) is 10.1 Å². The molecule has 2 aliphatic heterocycles. The lowest BCUT2D eigenvalue weighted by atomic mass is 9.98. The molecule has 3 aromatic carbocycles. The van der Waals surface area contributed by atoms with Crippen molar-refractivity contribution < 1.29 is 32.2 Å². The van der Waals surface area contributed by atoms with Crippen molar-refractivity contribution in [1.29, 1.82) is 0 Å². The molecular formula is C34H42N4O7S. The first-order chi connectivity index (χ1) is 22.1. The van der Waals surface area contributed by atoms with Gasteiger partial charge in [0.2, 0.25) is 5.91 Å². The first-order valence-electron chi connectivity index (χ1n) is 15.4. The number of likely N-dealkylation sites (tertiary alicyclic amines) is 1. The molecule has 2 atom stereocenters. The van der Waals surface area contributed by atoms with Gasteiger partial charge in [-0.2, -0.15) is 0 Å². The Bertz CT molecular complexity index is 1710. The van der Waals surface area contributed by atoms with Crippen LogP contribution < -0.4 is 25.4 Å². The number of amides is 2. The van der Waals surface area contributed by atoms with Crippen LogP contribution in [0.4, 0.5) is 16.2 Å². The molecule has 12 heteroatoms. The molecule has 0 spiro atoms. The number of hydrogen-bond acceptors (Lipinski definition) is 9. The van der Waals surface area contributed by atoms with E-state index in [4.69, 9.17) is 14.2 Å². The molecule has 0 aliphatic carbocycles. The van der Waals surface area contributed by atoms with E-state index in [9.17, 15) is 18.0 Å². The summed E-state index contributed by atoms with van der Waals surface area (Å²) >= 11 is 0. The zero-order valence-corrected chi connectivity index (χ0v) is 27.7. The Kier molecular flexibility index (Phi) is 10.1. The summed E-state index contributed by atoms with van der Waals surface area (Å²) in [6, 6.07) is 14.8. The van der Waals surface area contributed by atoms with E-state index < -0.39 is 33.3 Å². The van der Waals surface area contributed by atoms with Crippen LogP contribution in [0.1, 0.15) is 61.0 Å². The topological polar surface area (TPSA) is 135 Å². The second-order valence-electron chi connectivity index (χ2n) is 11.8. The molecule has 1 saturated heterocycles. The van der Waals surface area contributed by atoms with Gasteiger partial charge in [0, 0.05) is 24.5 Å². The van der Waals surface area contributed by atoms with E-state index in [0.29, 0.717) is 47.7 Å². The highest BCUT2D eigenvalue weighted by atomic mass is 32.2. The SMILES string of the molecule is COC(=O)Nc1ccc(S(=O)(=O)C(C)C)c(C2CCCN2C(=O)C(Nc2ccc3c(c2)CNCC3)c2ccc(OC)c(OC)c2)c1. The highest BCUT2D eigenvalue weighted by molar-refractivity contribution is 7.92. The molecule has 2 amide bonds. The Labute approximate surface area is 270 Å². The van der Waals surface area contributed by atoms with E-state index in [1.165, 1.54) is 30.4 Å². The molecule has 0 saturated carbocycles. The van der Waals surface area contributed by atoms with Crippen LogP contribution in [-0.2, 0) is 32.3 Å². The molecule has 0 aromatic heterocycles. The molecule has 3 N–H and O–H groups in total. The Morgan fingerprint density at radius 1 is 0.935 bits per heavy atom. The zero-order valence-electron chi connectivity index (χ0n) is 26.9. The number of hydrogen-bond donors (Lipinski definition) is 3. The summed E-state index contributed by atoms with van der Waals surface area (Å²) in [5.74, 6) is 0.804. The molecule has 0 bridgehead atoms. The Morgan fingerprint density at radius 3 is 2.41 bits per heavy atom. The normalized spacial score (nSPS) is 16.8. The van der Waals surface area contributed by atoms with Crippen molar-refractivity contribution in [1.82, 2.24) is 10.2 Å². The maximum Gasteiger partial charge on any atom is 0.411 e. The van der Waals surface area contributed by atoms with Gasteiger partial charge in [-0.15, -0.1) is 0 Å². The molecule has 5 rings (SSSR count). The van der Waals surface area contributed by atoms with E-state index >= 15 is 0 Å². The summed E-state index contributed by atoms with van der Waals surface area (Å²) < 4.78 is 42.9. The number of ether oxygens (including phenoxy) is 3. The van der Waals surface area contributed by atoms with E-state index in [-0.39, 0.29) is 10.8 Å². The molecular weight excluding hydrogens is 608 g/mol. The fourth-order valence-corrected chi connectivity index (χ4v) is 7.43. The van der Waals surface area contributed by atoms with Gasteiger partial charge in [-0.05, 0) is 104 Å². The molecule has 3 aromatic rings. The number of fused-ring (bicyclic) bond motifs is 1. The molecule has 2 heterocycles. The number of nitrogens with one attached hydrogen (secondary N) is 3. The number of carbonyl (C=O) groups excluding carboxylic acids is 2. The van der Waals surface area contributed by atoms with Gasteiger partial charge in [0.15, 0.2) is 21.3 Å². The lowest BCUT2D eigenvalue weighted by molar-refractivity contribution is -0.133. The van der Waals surface area contributed by atoms with Crippen molar-refractivity contribution in [3.63, 3.8) is 0 Å². The van der Waals surface area contributed by atoms with Crippen molar-refractivity contribution in [3.8, 4) is 11.5 Å². The van der Waals surface area contributed by atoms with Crippen molar-refractivity contribution in [2.75, 3.05) is 45.1 Å². The summed E-state index contributed by atoms with van der Waals surface area (Å²) in [5, 5.41) is 8.84. The quantitative estimate of drug-likeness (QED) is 0.270. The second-order valence-corrected chi connectivity index (χ2v) is 14.2. The number of carbonyl (C=O) groups is 2. The fraction of sp³-hybridized carbons (Fsp3) is 0.412. The summed E-state index contributed by atoms with van der Waals surface area (Å²) in [6.07, 6.45) is 1.49. The monoisotopic (exact) mass is 650 g/mol. The van der Waals surface area contributed by atoms with Gasteiger partial charge in [-0.1, -0.05) is 12.1 Å². The van der Waals surface area contributed by atoms with E-state index in [1.54, 1.807) is 51.2 Å². The highest BCUT2D eigenvalue weighted by Crippen LogP contribution is 2.41. The Hall–Kier alpha value is -4.29. The van der Waals surface area contributed by atoms with Crippen LogP contribution in [0.3, 0.4) is 0 Å². The minimum Gasteiger partial charge on any atom is -0.493 e. The van der Waals surface area contributed by atoms with Crippen molar-refractivity contribution in [2.24, 2.45) is 0 Å². The molecule has 2 aliphatic rings. The summed E-state index contributed by atoms with van der Waals surface area (Å²) in [6.45, 7) is 5.36. The number of methoxy groups -OCH3 is 3. The standard InChI is InChI=1S/C34H42N4O7S/c1-21(2)46(41,42)31-13-11-26(37-34(40)45-5)19-27(31)28-7-6-16-38(28)33(39)32(23-9-12-29(43-3)30(18-23)44-4)36-25-10-8-22-14-15-35-20-24(22)17-25/h8-13,17-19,21,28,32,35-36H,6-7,14-16,20H2,1-5H3,(H,37,40). The highest BCUT2D eigenvalue weighted by Gasteiger charge is 2.38. The average molecular weight is 651 g/mol. The van der Waals surface area contributed by atoms with Gasteiger partial charge in [0.25, 0.3) is 0 Å². The van der Waals surface area contributed by atoms with E-state index in [2.05, 4.69) is 28.1 Å². The lowest BCUT2D eigenvalue weighted by Crippen LogP contribution is -2.38. The average Bonchev–Trinajstić information content (AvgIpc) is 3.56. The smallest absolute Gasteiger partial charge is 0.411 e.